The van der Waals surface area contributed by atoms with Crippen molar-refractivity contribution in [2.24, 2.45) is 20.9 Å². The molecule has 0 aromatic heterocycles. The Bertz CT molecular complexity index is 573. The Hall–Kier alpha value is 0.410. The molecule has 30 heavy (non-hydrogen) atoms. The Balaban J connectivity index is 2.02. The smallest absolute Gasteiger partial charge is 0.163 e. The Labute approximate surface area is 197 Å². The molecule has 5 heteroatoms. The monoisotopic (exact) mass is 533 g/mol. The van der Waals surface area contributed by atoms with E-state index in [9.17, 15) is 0 Å². The van der Waals surface area contributed by atoms with Crippen LogP contribution in [0.15, 0.2) is 3.15 Å². The van der Waals surface area contributed by atoms with Gasteiger partial charge in [0.05, 0.1) is 11.1 Å². The average molecular weight is 534 g/mol. The van der Waals surface area contributed by atoms with Gasteiger partial charge in [-0.3, -0.25) is 9.74 Å². The molecule has 3 rings (SSSR count). The molecule has 0 amide bonds. The molecule has 3 fully saturated rings. The van der Waals surface area contributed by atoms with Crippen LogP contribution >= 0.6 is 21.0 Å². The van der Waals surface area contributed by atoms with E-state index in [2.05, 4.69) is 58.4 Å². The summed E-state index contributed by atoms with van der Waals surface area (Å²) >= 11 is -0.114. The summed E-state index contributed by atoms with van der Waals surface area (Å²) < 4.78 is 5.61. The van der Waals surface area contributed by atoms with Crippen molar-refractivity contribution >= 4 is 21.0 Å². The minimum absolute atomic E-state index is 0.114. The molecule has 0 radical (unpaired) electrons. The van der Waals surface area contributed by atoms with E-state index < -0.39 is 0 Å². The first-order chi connectivity index (χ1) is 14.2. The van der Waals surface area contributed by atoms with Crippen molar-refractivity contribution in [2.45, 2.75) is 121 Å². The van der Waals surface area contributed by atoms with E-state index in [0.717, 1.165) is 5.92 Å². The number of hydrogen-bond acceptors (Lipinski definition) is 4. The average Bonchev–Trinajstić information content (AvgIpc) is 2.66. The molecule has 1 aliphatic heterocycles. The normalized spacial score (nSPS) is 33.9. The van der Waals surface area contributed by atoms with Gasteiger partial charge in [0.2, 0.25) is 0 Å². The van der Waals surface area contributed by atoms with E-state index in [1.807, 2.05) is 0 Å². The summed E-state index contributed by atoms with van der Waals surface area (Å²) in [5.41, 5.74) is 0.313. The van der Waals surface area contributed by atoms with E-state index in [1.165, 1.54) is 64.5 Å². The molecule has 3 unspecified atom stereocenters. The lowest BCUT2D eigenvalue weighted by atomic mass is 9.61. The molecule has 2 saturated carbocycles. The summed E-state index contributed by atoms with van der Waals surface area (Å²) in [5.74, 6) is 2.17. The first-order valence-corrected chi connectivity index (χ1v) is 14.9. The van der Waals surface area contributed by atoms with Gasteiger partial charge < -0.3 is 0 Å². The van der Waals surface area contributed by atoms with Gasteiger partial charge in [0, 0.05) is 23.1 Å². The molecule has 0 aromatic rings. The molecular weight excluding hydrogens is 485 g/mol. The van der Waals surface area contributed by atoms with Crippen molar-refractivity contribution in [1.29, 1.82) is 0 Å². The van der Waals surface area contributed by atoms with Gasteiger partial charge in [-0.25, -0.2) is 3.15 Å². The Morgan fingerprint density at radius 3 is 2.30 bits per heavy atom. The van der Waals surface area contributed by atoms with E-state index in [1.54, 1.807) is 0 Å². The maximum absolute atomic E-state index is 6.84. The first-order valence-electron chi connectivity index (χ1n) is 12.7. The van der Waals surface area contributed by atoms with Gasteiger partial charge in [-0.15, -0.1) is 0 Å². The third kappa shape index (κ3) is 5.31. The van der Waals surface area contributed by atoms with Crippen LogP contribution in [-0.2, 0) is 4.84 Å². The number of piperazine rings is 1. The predicted octanol–water partition coefficient (Wildman–Crippen LogP) is 7.00. The maximum Gasteiger partial charge on any atom is 0.163 e. The van der Waals surface area contributed by atoms with Crippen LogP contribution < -0.4 is 0 Å². The van der Waals surface area contributed by atoms with E-state index in [-0.39, 0.29) is 32.1 Å². The van der Waals surface area contributed by atoms with E-state index in [0.29, 0.717) is 28.5 Å². The molecule has 0 bridgehead atoms. The van der Waals surface area contributed by atoms with Gasteiger partial charge >= 0.3 is 0 Å². The second-order valence-corrected chi connectivity index (χ2v) is 15.1. The van der Waals surface area contributed by atoms with Crippen molar-refractivity contribution in [3.63, 3.8) is 0 Å². The number of halogens is 1. The van der Waals surface area contributed by atoms with Gasteiger partial charge in [-0.05, 0) is 78.3 Å². The predicted molar refractivity (Wildman–Crippen MR) is 136 cm³/mol. The van der Waals surface area contributed by atoms with Crippen molar-refractivity contribution < 1.29 is 4.84 Å². The highest BCUT2D eigenvalue weighted by atomic mass is 127. The molecule has 0 N–H and O–H groups in total. The first kappa shape index (κ1) is 25.0. The number of nitrogens with zero attached hydrogens (tertiary/aromatic N) is 3. The highest BCUT2D eigenvalue weighted by Gasteiger charge is 2.60. The van der Waals surface area contributed by atoms with Crippen molar-refractivity contribution in [1.82, 2.24) is 9.96 Å². The number of hydroxylamine groups is 2. The zero-order valence-corrected chi connectivity index (χ0v) is 23.0. The van der Waals surface area contributed by atoms with Gasteiger partial charge in [0.25, 0.3) is 0 Å². The highest BCUT2D eigenvalue weighted by molar-refractivity contribution is 14.2. The van der Waals surface area contributed by atoms with E-state index in [4.69, 9.17) is 7.98 Å². The second-order valence-electron chi connectivity index (χ2n) is 11.4. The molecule has 3 aliphatic rings. The van der Waals surface area contributed by atoms with Crippen LogP contribution in [0.1, 0.15) is 99.8 Å². The minimum atomic E-state index is -0.114. The largest absolute Gasteiger partial charge is 0.297 e. The van der Waals surface area contributed by atoms with Crippen LogP contribution in [0.3, 0.4) is 0 Å². The lowest BCUT2D eigenvalue weighted by Gasteiger charge is -2.65. The fourth-order valence-electron chi connectivity index (χ4n) is 6.79. The third-order valence-corrected chi connectivity index (χ3v) is 9.78. The standard InChI is InChI=1S/C25H48IN3O/c1-19(2)23-12-11-22(7)15-25(23)17-28(21(5)6)16-24(13-9-8-10-14-24)29(25)30-18-27-26-20(3)4/h19-23H,8-18H2,1-7H3. The Morgan fingerprint density at radius 2 is 1.70 bits per heavy atom. The van der Waals surface area contributed by atoms with Crippen LogP contribution in [0.4, 0.5) is 0 Å². The lowest BCUT2D eigenvalue weighted by Crippen LogP contribution is -2.76. The number of hydrogen-bond donors (Lipinski definition) is 0. The van der Waals surface area contributed by atoms with Crippen LogP contribution in [0.25, 0.3) is 0 Å². The lowest BCUT2D eigenvalue weighted by molar-refractivity contribution is -0.335. The summed E-state index contributed by atoms with van der Waals surface area (Å²) in [4.78, 5) is 9.66. The molecule has 3 atom stereocenters. The van der Waals surface area contributed by atoms with Gasteiger partial charge in [-0.1, -0.05) is 60.3 Å². The van der Waals surface area contributed by atoms with Crippen LogP contribution in [0.2, 0.25) is 0 Å². The zero-order chi connectivity index (χ0) is 21.9. The van der Waals surface area contributed by atoms with E-state index >= 15 is 0 Å². The quantitative estimate of drug-likeness (QED) is 0.272. The molecule has 4 nitrogen and oxygen atoms in total. The summed E-state index contributed by atoms with van der Waals surface area (Å²) in [6, 6.07) is 0.601. The van der Waals surface area contributed by atoms with Crippen LogP contribution in [0, 0.1) is 17.8 Å². The molecule has 1 saturated heterocycles. The SMILES string of the molecule is CC1CCC(C(C)C)C2(C1)CN(C(C)C)CC1(CCCCC1)N2OCN=IC(C)C. The van der Waals surface area contributed by atoms with Gasteiger partial charge in [0.1, 0.15) is 0 Å². The summed E-state index contributed by atoms with van der Waals surface area (Å²) in [7, 11) is 0. The molecule has 2 spiro atoms. The molecular formula is C25H48IN3O. The zero-order valence-electron chi connectivity index (χ0n) is 20.8. The molecule has 176 valence electrons. The number of alkyl halides is 1. The summed E-state index contributed by atoms with van der Waals surface area (Å²) in [5, 5.41) is 2.64. The van der Waals surface area contributed by atoms with Gasteiger partial charge in [-0.2, -0.15) is 5.06 Å². The Morgan fingerprint density at radius 1 is 1.00 bits per heavy atom. The van der Waals surface area contributed by atoms with Crippen molar-refractivity contribution in [3.8, 4) is 0 Å². The third-order valence-electron chi connectivity index (χ3n) is 7.99. The van der Waals surface area contributed by atoms with Crippen LogP contribution in [0.5, 0.6) is 0 Å². The maximum atomic E-state index is 6.84. The summed E-state index contributed by atoms with van der Waals surface area (Å²) in [6.07, 6.45) is 10.6. The van der Waals surface area contributed by atoms with Crippen molar-refractivity contribution in [3.05, 3.63) is 0 Å². The van der Waals surface area contributed by atoms with Gasteiger partial charge in [0.15, 0.2) is 6.73 Å². The molecule has 2 aliphatic carbocycles. The van der Waals surface area contributed by atoms with Crippen molar-refractivity contribution in [2.75, 3.05) is 19.8 Å². The minimum Gasteiger partial charge on any atom is -0.297 e. The molecule has 0 aromatic carbocycles. The van der Waals surface area contributed by atoms with Crippen LogP contribution in [-0.4, -0.2) is 50.8 Å². The number of rotatable bonds is 6. The highest BCUT2D eigenvalue weighted by Crippen LogP contribution is 2.53. The fraction of sp³-hybridized carbons (Fsp3) is 1.00. The second kappa shape index (κ2) is 10.6. The fourth-order valence-corrected chi connectivity index (χ4v) is 7.87. The Kier molecular flexibility index (Phi) is 8.82. The topological polar surface area (TPSA) is 28.1 Å². The molecule has 1 heterocycles. The summed E-state index contributed by atoms with van der Waals surface area (Å²) in [6.45, 7) is 19.7.